The van der Waals surface area contributed by atoms with Crippen LogP contribution in [0.4, 0.5) is 4.79 Å². The third-order valence-electron chi connectivity index (χ3n) is 7.14. The number of fused-ring (bicyclic) bond motifs is 2. The minimum Gasteiger partial charge on any atom is -0.353 e. The Hall–Kier alpha value is -1.26. The van der Waals surface area contributed by atoms with Crippen molar-refractivity contribution in [2.75, 3.05) is 13.1 Å². The zero-order valence-electron chi connectivity index (χ0n) is 16.1. The number of amides is 3. The Kier molecular flexibility index (Phi) is 5.70. The van der Waals surface area contributed by atoms with Gasteiger partial charge in [-0.15, -0.1) is 0 Å². The number of urea groups is 1. The molecule has 2 atom stereocenters. The van der Waals surface area contributed by atoms with Crippen LogP contribution in [0.15, 0.2) is 0 Å². The predicted molar refractivity (Wildman–Crippen MR) is 102 cm³/mol. The lowest BCUT2D eigenvalue weighted by Crippen LogP contribution is -2.62. The minimum absolute atomic E-state index is 0.233. The molecule has 5 nitrogen and oxygen atoms in total. The van der Waals surface area contributed by atoms with Crippen molar-refractivity contribution in [3.8, 4) is 0 Å². The van der Waals surface area contributed by atoms with Crippen LogP contribution in [0.3, 0.4) is 0 Å². The molecule has 1 saturated carbocycles. The molecule has 4 aliphatic rings. The Morgan fingerprint density at radius 3 is 2.00 bits per heavy atom. The molecule has 4 rings (SSSR count). The number of likely N-dealkylation sites (tertiary alicyclic amines) is 1. The molecule has 4 fully saturated rings. The van der Waals surface area contributed by atoms with Crippen LogP contribution in [0.25, 0.3) is 0 Å². The van der Waals surface area contributed by atoms with Crippen molar-refractivity contribution in [2.24, 2.45) is 5.92 Å². The molecule has 5 heteroatoms. The molecule has 26 heavy (non-hydrogen) atoms. The van der Waals surface area contributed by atoms with Gasteiger partial charge < -0.3 is 15.1 Å². The lowest BCUT2D eigenvalue weighted by molar-refractivity contribution is -0.127. The first-order chi connectivity index (χ1) is 12.7. The second-order valence-electron chi connectivity index (χ2n) is 8.99. The van der Waals surface area contributed by atoms with Gasteiger partial charge in [0.2, 0.25) is 5.91 Å². The summed E-state index contributed by atoms with van der Waals surface area (Å²) in [6.07, 6.45) is 14.7. The fourth-order valence-corrected chi connectivity index (χ4v) is 5.74. The number of piperidine rings is 3. The quantitative estimate of drug-likeness (QED) is 0.816. The maximum Gasteiger partial charge on any atom is 0.320 e. The van der Waals surface area contributed by atoms with Crippen molar-refractivity contribution in [3.63, 3.8) is 0 Å². The maximum atomic E-state index is 13.1. The van der Waals surface area contributed by atoms with Crippen molar-refractivity contribution in [1.82, 2.24) is 15.1 Å². The fourth-order valence-electron chi connectivity index (χ4n) is 5.74. The Morgan fingerprint density at radius 2 is 1.35 bits per heavy atom. The molecule has 0 aromatic carbocycles. The standard InChI is InChI=1S/C21H35N3O2/c25-20(16-8-3-1-4-9-16)22-17-14-18-10-7-11-19(15-17)24(18)21(26)23-12-5-2-6-13-23/h16-19H,1-15H2,(H,22,25)/t18-,19-/m1/s1. The van der Waals surface area contributed by atoms with E-state index < -0.39 is 0 Å². The normalized spacial score (nSPS) is 33.0. The molecule has 0 aromatic rings. The molecule has 3 saturated heterocycles. The summed E-state index contributed by atoms with van der Waals surface area (Å²) in [6.45, 7) is 1.85. The van der Waals surface area contributed by atoms with E-state index in [4.69, 9.17) is 0 Å². The average molecular weight is 362 g/mol. The molecule has 2 bridgehead atoms. The number of hydrogen-bond donors (Lipinski definition) is 1. The molecule has 3 aliphatic heterocycles. The molecule has 1 N–H and O–H groups in total. The van der Waals surface area contributed by atoms with Crippen molar-refractivity contribution < 1.29 is 9.59 Å². The summed E-state index contributed by atoms with van der Waals surface area (Å²) in [6, 6.07) is 1.20. The van der Waals surface area contributed by atoms with E-state index in [2.05, 4.69) is 15.1 Å². The van der Waals surface area contributed by atoms with Gasteiger partial charge in [0.25, 0.3) is 0 Å². The topological polar surface area (TPSA) is 52.7 Å². The summed E-state index contributed by atoms with van der Waals surface area (Å²) in [7, 11) is 0. The van der Waals surface area contributed by atoms with Gasteiger partial charge in [0.1, 0.15) is 0 Å². The molecule has 0 spiro atoms. The predicted octanol–water partition coefficient (Wildman–Crippen LogP) is 3.67. The van der Waals surface area contributed by atoms with Crippen LogP contribution in [-0.2, 0) is 4.79 Å². The molecule has 146 valence electrons. The highest BCUT2D eigenvalue weighted by atomic mass is 16.2. The summed E-state index contributed by atoms with van der Waals surface area (Å²) < 4.78 is 0. The van der Waals surface area contributed by atoms with E-state index in [0.29, 0.717) is 12.1 Å². The van der Waals surface area contributed by atoms with Gasteiger partial charge in [-0.3, -0.25) is 4.79 Å². The fraction of sp³-hybridized carbons (Fsp3) is 0.905. The number of hydrogen-bond acceptors (Lipinski definition) is 2. The van der Waals surface area contributed by atoms with Crippen molar-refractivity contribution in [3.05, 3.63) is 0 Å². The Labute approximate surface area is 157 Å². The van der Waals surface area contributed by atoms with Crippen LogP contribution >= 0.6 is 0 Å². The van der Waals surface area contributed by atoms with Crippen LogP contribution in [0.2, 0.25) is 0 Å². The third kappa shape index (κ3) is 3.86. The Bertz CT molecular complexity index is 497. The average Bonchev–Trinajstić information content (AvgIpc) is 2.68. The number of nitrogens with one attached hydrogen (secondary N) is 1. The highest BCUT2D eigenvalue weighted by molar-refractivity contribution is 5.79. The summed E-state index contributed by atoms with van der Waals surface area (Å²) in [5.74, 6) is 0.514. The third-order valence-corrected chi connectivity index (χ3v) is 7.14. The van der Waals surface area contributed by atoms with E-state index in [0.717, 1.165) is 64.5 Å². The highest BCUT2D eigenvalue weighted by Gasteiger charge is 2.43. The van der Waals surface area contributed by atoms with Gasteiger partial charge in [0.15, 0.2) is 0 Å². The maximum absolute atomic E-state index is 13.1. The zero-order valence-corrected chi connectivity index (χ0v) is 16.1. The van der Waals surface area contributed by atoms with E-state index in [1.54, 1.807) is 0 Å². The first kappa shape index (κ1) is 18.1. The van der Waals surface area contributed by atoms with Gasteiger partial charge in [0.05, 0.1) is 0 Å². The van der Waals surface area contributed by atoms with Crippen LogP contribution in [-0.4, -0.2) is 53.0 Å². The van der Waals surface area contributed by atoms with Gasteiger partial charge in [-0.1, -0.05) is 19.3 Å². The van der Waals surface area contributed by atoms with E-state index in [1.807, 2.05) is 0 Å². The number of carbonyl (C=O) groups is 2. The van der Waals surface area contributed by atoms with Crippen LogP contribution < -0.4 is 5.32 Å². The van der Waals surface area contributed by atoms with Crippen LogP contribution in [0, 0.1) is 5.92 Å². The van der Waals surface area contributed by atoms with Gasteiger partial charge in [-0.05, 0) is 64.2 Å². The second-order valence-corrected chi connectivity index (χ2v) is 8.99. The Morgan fingerprint density at radius 1 is 0.731 bits per heavy atom. The SMILES string of the molecule is O=C(NC1C[C@H]2CCC[C@H](C1)N2C(=O)N1CCCCC1)C1CCCCC1. The first-order valence-corrected chi connectivity index (χ1v) is 11.1. The summed E-state index contributed by atoms with van der Waals surface area (Å²) in [5.41, 5.74) is 0. The number of carbonyl (C=O) groups excluding carboxylic acids is 2. The minimum atomic E-state index is 0.233. The first-order valence-electron chi connectivity index (χ1n) is 11.1. The smallest absolute Gasteiger partial charge is 0.320 e. The molecular formula is C21H35N3O2. The van der Waals surface area contributed by atoms with Crippen molar-refractivity contribution in [2.45, 2.75) is 102 Å². The second kappa shape index (κ2) is 8.18. The van der Waals surface area contributed by atoms with Gasteiger partial charge in [-0.2, -0.15) is 0 Å². The lowest BCUT2D eigenvalue weighted by Gasteiger charge is -2.50. The van der Waals surface area contributed by atoms with Crippen molar-refractivity contribution >= 4 is 11.9 Å². The van der Waals surface area contributed by atoms with Gasteiger partial charge >= 0.3 is 6.03 Å². The van der Waals surface area contributed by atoms with Crippen LogP contribution in [0.1, 0.15) is 83.5 Å². The van der Waals surface area contributed by atoms with Crippen LogP contribution in [0.5, 0.6) is 0 Å². The lowest BCUT2D eigenvalue weighted by atomic mass is 9.81. The van der Waals surface area contributed by atoms with Gasteiger partial charge in [0, 0.05) is 37.1 Å². The molecule has 0 unspecified atom stereocenters. The zero-order chi connectivity index (χ0) is 17.9. The van der Waals surface area contributed by atoms with E-state index in [9.17, 15) is 9.59 Å². The molecule has 0 radical (unpaired) electrons. The molecular weight excluding hydrogens is 326 g/mol. The summed E-state index contributed by atoms with van der Waals surface area (Å²) in [4.78, 5) is 30.0. The number of rotatable bonds is 2. The summed E-state index contributed by atoms with van der Waals surface area (Å²) >= 11 is 0. The largest absolute Gasteiger partial charge is 0.353 e. The highest BCUT2D eigenvalue weighted by Crippen LogP contribution is 2.35. The monoisotopic (exact) mass is 361 g/mol. The molecule has 3 heterocycles. The van der Waals surface area contributed by atoms with E-state index in [1.165, 1.54) is 32.1 Å². The van der Waals surface area contributed by atoms with E-state index >= 15 is 0 Å². The molecule has 1 aliphatic carbocycles. The molecule has 0 aromatic heterocycles. The number of nitrogens with zero attached hydrogens (tertiary/aromatic N) is 2. The van der Waals surface area contributed by atoms with Crippen molar-refractivity contribution in [1.29, 1.82) is 0 Å². The van der Waals surface area contributed by atoms with Gasteiger partial charge in [-0.25, -0.2) is 4.79 Å². The van der Waals surface area contributed by atoms with E-state index in [-0.39, 0.29) is 23.9 Å². The summed E-state index contributed by atoms with van der Waals surface area (Å²) in [5, 5.41) is 3.37. The Balaban J connectivity index is 1.36. The molecule has 3 amide bonds.